The third-order valence-electron chi connectivity index (χ3n) is 1.83. The van der Waals surface area contributed by atoms with Gasteiger partial charge < -0.3 is 4.74 Å². The van der Waals surface area contributed by atoms with Crippen LogP contribution in [0.4, 0.5) is 0 Å². The molecule has 15 heavy (non-hydrogen) atoms. The van der Waals surface area contributed by atoms with Crippen molar-refractivity contribution in [1.29, 1.82) is 0 Å². The quantitative estimate of drug-likeness (QED) is 0.726. The van der Waals surface area contributed by atoms with E-state index in [1.807, 2.05) is 0 Å². The Morgan fingerprint density at radius 1 is 1.40 bits per heavy atom. The predicted octanol–water partition coefficient (Wildman–Crippen LogP) is 0.653. The molecular formula is C9H8N4O2. The third-order valence-corrected chi connectivity index (χ3v) is 1.83. The number of nitrogens with zero attached hydrogens (tertiary/aromatic N) is 3. The summed E-state index contributed by atoms with van der Waals surface area (Å²) in [7, 11) is 1.29. The number of H-pyrrole nitrogens is 1. The maximum atomic E-state index is 11.3. The molecule has 0 aromatic carbocycles. The third kappa shape index (κ3) is 1.69. The van der Waals surface area contributed by atoms with Crippen molar-refractivity contribution in [2.45, 2.75) is 0 Å². The van der Waals surface area contributed by atoms with Gasteiger partial charge in [0.25, 0.3) is 0 Å². The average Bonchev–Trinajstić information content (AvgIpc) is 2.78. The summed E-state index contributed by atoms with van der Waals surface area (Å²) in [5.74, 6) is -0.538. The van der Waals surface area contributed by atoms with Crippen LogP contribution in [-0.2, 0) is 4.74 Å². The van der Waals surface area contributed by atoms with Gasteiger partial charge in [-0.05, 0) is 12.1 Å². The first-order chi connectivity index (χ1) is 7.33. The second-order valence-corrected chi connectivity index (χ2v) is 2.73. The van der Waals surface area contributed by atoms with Crippen LogP contribution in [0, 0.1) is 0 Å². The molecule has 6 heteroatoms. The molecule has 2 heterocycles. The highest BCUT2D eigenvalue weighted by Gasteiger charge is 2.18. The Labute approximate surface area is 85.3 Å². The van der Waals surface area contributed by atoms with Crippen molar-refractivity contribution >= 4 is 5.97 Å². The van der Waals surface area contributed by atoms with Gasteiger partial charge >= 0.3 is 5.97 Å². The fraction of sp³-hybridized carbons (Fsp3) is 0.111. The summed E-state index contributed by atoms with van der Waals surface area (Å²) in [6.07, 6.45) is 1.62. The summed E-state index contributed by atoms with van der Waals surface area (Å²) in [5, 5.41) is 9.94. The molecule has 0 saturated heterocycles. The number of pyridine rings is 1. The number of hydrogen-bond acceptors (Lipinski definition) is 5. The van der Waals surface area contributed by atoms with Crippen molar-refractivity contribution < 1.29 is 9.53 Å². The van der Waals surface area contributed by atoms with E-state index in [-0.39, 0.29) is 5.69 Å². The van der Waals surface area contributed by atoms with Crippen molar-refractivity contribution in [2.24, 2.45) is 0 Å². The van der Waals surface area contributed by atoms with E-state index in [4.69, 9.17) is 0 Å². The van der Waals surface area contributed by atoms with Gasteiger partial charge in [-0.15, -0.1) is 5.10 Å². The van der Waals surface area contributed by atoms with Crippen molar-refractivity contribution in [1.82, 2.24) is 20.4 Å². The zero-order chi connectivity index (χ0) is 10.7. The molecule has 0 saturated carbocycles. The molecule has 0 aliphatic heterocycles. The van der Waals surface area contributed by atoms with Crippen LogP contribution in [0.2, 0.25) is 0 Å². The van der Waals surface area contributed by atoms with Crippen LogP contribution in [0.15, 0.2) is 24.4 Å². The average molecular weight is 204 g/mol. The molecule has 0 bridgehead atoms. The van der Waals surface area contributed by atoms with Gasteiger partial charge in [0.15, 0.2) is 5.69 Å². The molecule has 0 aliphatic carbocycles. The lowest BCUT2D eigenvalue weighted by atomic mass is 10.2. The molecule has 0 aliphatic rings. The number of nitrogens with one attached hydrogen (secondary N) is 1. The molecule has 0 spiro atoms. The van der Waals surface area contributed by atoms with Gasteiger partial charge in [-0.1, -0.05) is 6.07 Å². The smallest absolute Gasteiger partial charge is 0.360 e. The summed E-state index contributed by atoms with van der Waals surface area (Å²) >= 11 is 0. The van der Waals surface area contributed by atoms with Gasteiger partial charge in [0.2, 0.25) is 0 Å². The minimum Gasteiger partial charge on any atom is -0.464 e. The van der Waals surface area contributed by atoms with E-state index in [1.165, 1.54) is 7.11 Å². The van der Waals surface area contributed by atoms with E-state index in [0.29, 0.717) is 11.4 Å². The molecule has 0 atom stereocenters. The molecule has 0 amide bonds. The van der Waals surface area contributed by atoms with Crippen LogP contribution in [-0.4, -0.2) is 33.5 Å². The van der Waals surface area contributed by atoms with E-state index >= 15 is 0 Å². The largest absolute Gasteiger partial charge is 0.464 e. The van der Waals surface area contributed by atoms with E-state index in [1.54, 1.807) is 24.4 Å². The van der Waals surface area contributed by atoms with E-state index in [0.717, 1.165) is 0 Å². The topological polar surface area (TPSA) is 80.8 Å². The highest BCUT2D eigenvalue weighted by atomic mass is 16.5. The Balaban J connectivity index is 2.46. The molecule has 0 unspecified atom stereocenters. The highest BCUT2D eigenvalue weighted by Crippen LogP contribution is 2.16. The first-order valence-corrected chi connectivity index (χ1v) is 4.23. The second kappa shape index (κ2) is 3.87. The lowest BCUT2D eigenvalue weighted by molar-refractivity contribution is 0.0595. The molecule has 2 rings (SSSR count). The number of aromatic amines is 1. The summed E-state index contributed by atoms with van der Waals surface area (Å²) in [6, 6.07) is 5.32. The Bertz CT molecular complexity index is 466. The van der Waals surface area contributed by atoms with Crippen LogP contribution >= 0.6 is 0 Å². The number of rotatable bonds is 2. The van der Waals surface area contributed by atoms with Gasteiger partial charge in [-0.2, -0.15) is 10.3 Å². The second-order valence-electron chi connectivity index (χ2n) is 2.73. The molecule has 6 nitrogen and oxygen atoms in total. The Morgan fingerprint density at radius 2 is 2.27 bits per heavy atom. The van der Waals surface area contributed by atoms with Crippen molar-refractivity contribution in [2.75, 3.05) is 7.11 Å². The normalized spacial score (nSPS) is 9.93. The minimum atomic E-state index is -0.538. The van der Waals surface area contributed by atoms with Crippen LogP contribution < -0.4 is 0 Å². The first-order valence-electron chi connectivity index (χ1n) is 4.23. The predicted molar refractivity (Wildman–Crippen MR) is 51.0 cm³/mol. The molecule has 1 N–H and O–H groups in total. The summed E-state index contributed by atoms with van der Waals surface area (Å²) in [6.45, 7) is 0. The van der Waals surface area contributed by atoms with Crippen molar-refractivity contribution in [3.8, 4) is 11.4 Å². The molecule has 76 valence electrons. The van der Waals surface area contributed by atoms with Crippen LogP contribution in [0.3, 0.4) is 0 Å². The summed E-state index contributed by atoms with van der Waals surface area (Å²) < 4.78 is 4.57. The van der Waals surface area contributed by atoms with Crippen LogP contribution in [0.1, 0.15) is 10.5 Å². The molecule has 2 aromatic rings. The minimum absolute atomic E-state index is 0.135. The molecule has 0 fully saturated rings. The number of ether oxygens (including phenoxy) is 1. The number of carbonyl (C=O) groups is 1. The standard InChI is InChI=1S/C9H8N4O2/c1-15-9(14)8-7(11-13-12-8)6-4-2-3-5-10-6/h2-5H,1H3,(H,11,12,13). The van der Waals surface area contributed by atoms with Gasteiger partial charge in [0.05, 0.1) is 12.8 Å². The zero-order valence-electron chi connectivity index (χ0n) is 7.97. The van der Waals surface area contributed by atoms with Crippen LogP contribution in [0.25, 0.3) is 11.4 Å². The Hall–Kier alpha value is -2.24. The lowest BCUT2D eigenvalue weighted by Crippen LogP contribution is -2.04. The van der Waals surface area contributed by atoms with Gasteiger partial charge in [-0.25, -0.2) is 4.79 Å². The van der Waals surface area contributed by atoms with E-state index in [9.17, 15) is 4.79 Å². The van der Waals surface area contributed by atoms with Crippen molar-refractivity contribution in [3.63, 3.8) is 0 Å². The van der Waals surface area contributed by atoms with Crippen LogP contribution in [0.5, 0.6) is 0 Å². The van der Waals surface area contributed by atoms with Gasteiger partial charge in [-0.3, -0.25) is 4.98 Å². The summed E-state index contributed by atoms with van der Waals surface area (Å²) in [4.78, 5) is 15.4. The maximum absolute atomic E-state index is 11.3. The Morgan fingerprint density at radius 3 is 2.93 bits per heavy atom. The fourth-order valence-corrected chi connectivity index (χ4v) is 1.15. The first kappa shape index (κ1) is 9.32. The van der Waals surface area contributed by atoms with E-state index < -0.39 is 5.97 Å². The number of hydrogen-bond donors (Lipinski definition) is 1. The summed E-state index contributed by atoms with van der Waals surface area (Å²) in [5.41, 5.74) is 1.10. The molecule has 0 radical (unpaired) electrons. The number of methoxy groups -OCH3 is 1. The monoisotopic (exact) mass is 204 g/mol. The number of esters is 1. The fourth-order valence-electron chi connectivity index (χ4n) is 1.15. The maximum Gasteiger partial charge on any atom is 0.360 e. The SMILES string of the molecule is COC(=O)c1n[nH]nc1-c1ccccn1. The molecule has 2 aromatic heterocycles. The number of aromatic nitrogens is 4. The Kier molecular flexibility index (Phi) is 2.40. The van der Waals surface area contributed by atoms with Gasteiger partial charge in [0, 0.05) is 6.20 Å². The van der Waals surface area contributed by atoms with Gasteiger partial charge in [0.1, 0.15) is 5.69 Å². The number of carbonyl (C=O) groups excluding carboxylic acids is 1. The molecular weight excluding hydrogens is 196 g/mol. The zero-order valence-corrected chi connectivity index (χ0v) is 7.97. The van der Waals surface area contributed by atoms with Crippen molar-refractivity contribution in [3.05, 3.63) is 30.1 Å². The van der Waals surface area contributed by atoms with E-state index in [2.05, 4.69) is 25.1 Å². The highest BCUT2D eigenvalue weighted by molar-refractivity contribution is 5.93. The lowest BCUT2D eigenvalue weighted by Gasteiger charge is -1.97.